The van der Waals surface area contributed by atoms with E-state index in [1.807, 2.05) is 54.6 Å². The number of aromatic nitrogens is 1. The van der Waals surface area contributed by atoms with E-state index in [9.17, 15) is 10.2 Å². The predicted molar refractivity (Wildman–Crippen MR) is 122 cm³/mol. The molecule has 0 bridgehead atoms. The molecule has 166 valence electrons. The molecule has 2 aliphatic rings. The molecule has 1 heterocycles. The largest absolute Gasteiger partial charge is 0.493 e. The maximum absolute atomic E-state index is 11.6. The van der Waals surface area contributed by atoms with Crippen molar-refractivity contribution in [3.63, 3.8) is 0 Å². The van der Waals surface area contributed by atoms with Crippen LogP contribution >= 0.6 is 0 Å². The van der Waals surface area contributed by atoms with Crippen molar-refractivity contribution in [3.8, 4) is 11.5 Å². The van der Waals surface area contributed by atoms with E-state index in [4.69, 9.17) is 9.47 Å². The first-order chi connectivity index (χ1) is 15.6. The molecule has 32 heavy (non-hydrogen) atoms. The summed E-state index contributed by atoms with van der Waals surface area (Å²) in [5.74, 6) is 1.33. The Hall–Kier alpha value is -2.89. The molecule has 0 saturated heterocycles. The number of hydrogen-bond acceptors (Lipinski definition) is 5. The molecule has 2 aromatic carbocycles. The van der Waals surface area contributed by atoms with Gasteiger partial charge in [-0.15, -0.1) is 0 Å². The van der Waals surface area contributed by atoms with Crippen molar-refractivity contribution in [2.24, 2.45) is 0 Å². The highest BCUT2D eigenvalue weighted by molar-refractivity contribution is 5.52. The molecular formula is C27H29NO4. The summed E-state index contributed by atoms with van der Waals surface area (Å²) >= 11 is 0. The van der Waals surface area contributed by atoms with Crippen molar-refractivity contribution in [1.29, 1.82) is 0 Å². The zero-order valence-corrected chi connectivity index (χ0v) is 18.3. The zero-order chi connectivity index (χ0) is 22.1. The number of ether oxygens (including phenoxy) is 2. The molecule has 2 N–H and O–H groups in total. The van der Waals surface area contributed by atoms with E-state index in [0.29, 0.717) is 17.9 Å². The number of aliphatic hydroxyl groups is 2. The van der Waals surface area contributed by atoms with Gasteiger partial charge in [0.1, 0.15) is 0 Å². The van der Waals surface area contributed by atoms with Gasteiger partial charge in [-0.3, -0.25) is 4.98 Å². The van der Waals surface area contributed by atoms with Crippen molar-refractivity contribution in [1.82, 2.24) is 4.98 Å². The standard InChI is InChI=1S/C27H29NO4/c1-31-23-11-10-19(16-24(23)32-20-6-2-3-7-20)27(17-18-12-14-28-15-13-18)25(29)21-8-4-5-9-22(21)26(27)30/h4-5,8-16,20,25-26,29-30H,2-3,6-7,17H2,1H3. The average molecular weight is 432 g/mol. The van der Waals surface area contributed by atoms with Crippen molar-refractivity contribution < 1.29 is 19.7 Å². The van der Waals surface area contributed by atoms with E-state index in [2.05, 4.69) is 4.98 Å². The summed E-state index contributed by atoms with van der Waals surface area (Å²) in [6, 6.07) is 17.3. The summed E-state index contributed by atoms with van der Waals surface area (Å²) in [5, 5.41) is 23.3. The van der Waals surface area contributed by atoms with E-state index >= 15 is 0 Å². The first kappa shape index (κ1) is 21.0. The van der Waals surface area contributed by atoms with Gasteiger partial charge in [-0.1, -0.05) is 30.3 Å². The third kappa shape index (κ3) is 3.46. The molecule has 1 aromatic heterocycles. The van der Waals surface area contributed by atoms with Gasteiger partial charge in [0.2, 0.25) is 0 Å². The summed E-state index contributed by atoms with van der Waals surface area (Å²) in [5.41, 5.74) is 2.41. The fourth-order valence-corrected chi connectivity index (χ4v) is 5.41. The second kappa shape index (κ2) is 8.57. The Bertz CT molecular complexity index is 1050. The smallest absolute Gasteiger partial charge is 0.161 e. The second-order valence-corrected chi connectivity index (χ2v) is 8.90. The lowest BCUT2D eigenvalue weighted by atomic mass is 9.70. The monoisotopic (exact) mass is 431 g/mol. The lowest BCUT2D eigenvalue weighted by Crippen LogP contribution is -2.37. The Morgan fingerprint density at radius 1 is 0.906 bits per heavy atom. The maximum Gasteiger partial charge on any atom is 0.161 e. The fraction of sp³-hybridized carbons (Fsp3) is 0.370. The maximum atomic E-state index is 11.6. The number of hydrogen-bond donors (Lipinski definition) is 2. The van der Waals surface area contributed by atoms with Crippen LogP contribution in [0.5, 0.6) is 11.5 Å². The van der Waals surface area contributed by atoms with Gasteiger partial charge >= 0.3 is 0 Å². The Kier molecular flexibility index (Phi) is 5.62. The third-order valence-corrected chi connectivity index (χ3v) is 7.10. The number of benzene rings is 2. The number of pyridine rings is 1. The van der Waals surface area contributed by atoms with Crippen LogP contribution in [0.25, 0.3) is 0 Å². The molecular weight excluding hydrogens is 402 g/mol. The van der Waals surface area contributed by atoms with E-state index < -0.39 is 17.6 Å². The van der Waals surface area contributed by atoms with Gasteiger partial charge in [-0.2, -0.15) is 0 Å². The van der Waals surface area contributed by atoms with Crippen LogP contribution in [0.2, 0.25) is 0 Å². The molecule has 5 rings (SSSR count). The SMILES string of the molecule is COc1ccc(C2(Cc3ccncc3)C(O)c3ccccc3C2O)cc1OC1CCCC1. The summed E-state index contributed by atoms with van der Waals surface area (Å²) < 4.78 is 11.9. The molecule has 1 fully saturated rings. The van der Waals surface area contributed by atoms with Crippen LogP contribution in [0.1, 0.15) is 60.1 Å². The van der Waals surface area contributed by atoms with E-state index in [1.165, 1.54) is 12.8 Å². The minimum absolute atomic E-state index is 0.172. The minimum Gasteiger partial charge on any atom is -0.493 e. The molecule has 3 aromatic rings. The molecule has 2 aliphatic carbocycles. The Morgan fingerprint density at radius 3 is 2.19 bits per heavy atom. The van der Waals surface area contributed by atoms with Gasteiger partial charge in [0, 0.05) is 12.4 Å². The number of rotatable bonds is 6. The lowest BCUT2D eigenvalue weighted by Gasteiger charge is -2.37. The molecule has 0 radical (unpaired) electrons. The van der Waals surface area contributed by atoms with Crippen LogP contribution in [-0.2, 0) is 11.8 Å². The first-order valence-electron chi connectivity index (χ1n) is 11.3. The normalized spacial score (nSPS) is 25.0. The summed E-state index contributed by atoms with van der Waals surface area (Å²) in [7, 11) is 1.64. The van der Waals surface area contributed by atoms with Crippen molar-refractivity contribution >= 4 is 0 Å². The fourth-order valence-electron chi connectivity index (χ4n) is 5.41. The summed E-state index contributed by atoms with van der Waals surface area (Å²) in [6.07, 6.45) is 6.80. The Labute approximate surface area is 188 Å². The number of nitrogens with zero attached hydrogens (tertiary/aromatic N) is 1. The summed E-state index contributed by atoms with van der Waals surface area (Å²) in [6.45, 7) is 0. The molecule has 0 amide bonds. The van der Waals surface area contributed by atoms with Crippen LogP contribution in [0.4, 0.5) is 0 Å². The zero-order valence-electron chi connectivity index (χ0n) is 18.3. The number of methoxy groups -OCH3 is 1. The molecule has 2 atom stereocenters. The highest BCUT2D eigenvalue weighted by Gasteiger charge is 2.53. The van der Waals surface area contributed by atoms with E-state index in [0.717, 1.165) is 35.1 Å². The van der Waals surface area contributed by atoms with Gasteiger partial charge in [-0.25, -0.2) is 0 Å². The molecule has 2 unspecified atom stereocenters. The van der Waals surface area contributed by atoms with E-state index in [-0.39, 0.29) is 6.10 Å². The Balaban J connectivity index is 1.63. The lowest BCUT2D eigenvalue weighted by molar-refractivity contribution is 0.00309. The van der Waals surface area contributed by atoms with Crippen molar-refractivity contribution in [2.45, 2.75) is 55.8 Å². The molecule has 0 aliphatic heterocycles. The van der Waals surface area contributed by atoms with Gasteiger partial charge in [0.05, 0.1) is 30.8 Å². The average Bonchev–Trinajstić information content (AvgIpc) is 3.42. The van der Waals surface area contributed by atoms with Crippen molar-refractivity contribution in [3.05, 3.63) is 89.2 Å². The quantitative estimate of drug-likeness (QED) is 0.593. The van der Waals surface area contributed by atoms with Crippen LogP contribution < -0.4 is 9.47 Å². The first-order valence-corrected chi connectivity index (χ1v) is 11.3. The molecule has 1 saturated carbocycles. The molecule has 5 heteroatoms. The second-order valence-electron chi connectivity index (χ2n) is 8.90. The van der Waals surface area contributed by atoms with Gasteiger partial charge in [-0.05, 0) is 78.6 Å². The highest BCUT2D eigenvalue weighted by Crippen LogP contribution is 2.56. The van der Waals surface area contributed by atoms with E-state index in [1.54, 1.807) is 19.5 Å². The molecule has 5 nitrogen and oxygen atoms in total. The molecule has 0 spiro atoms. The third-order valence-electron chi connectivity index (χ3n) is 7.10. The number of fused-ring (bicyclic) bond motifs is 1. The highest BCUT2D eigenvalue weighted by atomic mass is 16.5. The topological polar surface area (TPSA) is 71.8 Å². The van der Waals surface area contributed by atoms with Crippen LogP contribution in [0, 0.1) is 0 Å². The minimum atomic E-state index is -0.953. The van der Waals surface area contributed by atoms with Gasteiger partial charge in [0.25, 0.3) is 0 Å². The van der Waals surface area contributed by atoms with Gasteiger partial charge in [0.15, 0.2) is 11.5 Å². The number of aliphatic hydroxyl groups excluding tert-OH is 2. The van der Waals surface area contributed by atoms with Crippen LogP contribution in [0.3, 0.4) is 0 Å². The van der Waals surface area contributed by atoms with Crippen LogP contribution in [-0.4, -0.2) is 28.4 Å². The van der Waals surface area contributed by atoms with Crippen LogP contribution in [0.15, 0.2) is 67.0 Å². The summed E-state index contributed by atoms with van der Waals surface area (Å²) in [4.78, 5) is 4.13. The predicted octanol–water partition coefficient (Wildman–Crippen LogP) is 4.67. The van der Waals surface area contributed by atoms with Gasteiger partial charge < -0.3 is 19.7 Å². The Morgan fingerprint density at radius 2 is 1.56 bits per heavy atom. The van der Waals surface area contributed by atoms with Crippen molar-refractivity contribution in [2.75, 3.05) is 7.11 Å².